The molecule has 10 rings (SSSR count). The number of phenolic OH excluding ortho intramolecular Hbond substituents is 4. The van der Waals surface area contributed by atoms with E-state index in [2.05, 4.69) is 31.9 Å². The van der Waals surface area contributed by atoms with Gasteiger partial charge in [0.15, 0.2) is 17.5 Å². The van der Waals surface area contributed by atoms with Crippen LogP contribution in [0.3, 0.4) is 0 Å². The van der Waals surface area contributed by atoms with Gasteiger partial charge in [-0.3, -0.25) is 33.6 Å². The summed E-state index contributed by atoms with van der Waals surface area (Å²) in [6.07, 6.45) is -4.97. The number of aromatic hydroxyl groups is 4. The smallest absolute Gasteiger partial charge is 0.330 e. The van der Waals surface area contributed by atoms with Crippen molar-refractivity contribution < 1.29 is 83.6 Å². The number of amides is 7. The summed E-state index contributed by atoms with van der Waals surface area (Å²) in [7, 11) is 0. The first-order valence-electron chi connectivity index (χ1n) is 21.9. The van der Waals surface area contributed by atoms with E-state index in [1.54, 1.807) is 0 Å². The van der Waals surface area contributed by atoms with Crippen LogP contribution in [0.15, 0.2) is 78.9 Å². The van der Waals surface area contributed by atoms with Crippen LogP contribution in [0.25, 0.3) is 11.1 Å². The molecule has 11 bridgehead atoms. The number of halogens is 2. The number of hydrogen-bond donors (Lipinski definition) is 14. The van der Waals surface area contributed by atoms with Gasteiger partial charge >= 0.3 is 5.97 Å². The third kappa shape index (κ3) is 10.3. The third-order valence-corrected chi connectivity index (χ3v) is 12.6. The van der Waals surface area contributed by atoms with Gasteiger partial charge in [0.25, 0.3) is 0 Å². The molecular formula is C48H41Cl2N7O17. The Kier molecular flexibility index (Phi) is 14.2. The van der Waals surface area contributed by atoms with E-state index < -0.39 is 153 Å². The molecule has 384 valence electrons. The highest BCUT2D eigenvalue weighted by atomic mass is 35.5. The zero-order valence-corrected chi connectivity index (χ0v) is 39.4. The van der Waals surface area contributed by atoms with Gasteiger partial charge in [0.1, 0.15) is 71.2 Å². The topological polar surface area (TPSA) is 395 Å². The summed E-state index contributed by atoms with van der Waals surface area (Å²) >= 11 is 13.3. The summed E-state index contributed by atoms with van der Waals surface area (Å²) in [5, 5.41) is 92.1. The maximum Gasteiger partial charge on any atom is 0.330 e. The van der Waals surface area contributed by atoms with Crippen LogP contribution in [0, 0.1) is 0 Å². The largest absolute Gasteiger partial charge is 0.508 e. The van der Waals surface area contributed by atoms with Crippen molar-refractivity contribution in [3.05, 3.63) is 117 Å². The van der Waals surface area contributed by atoms with Crippen molar-refractivity contribution in [1.29, 1.82) is 0 Å². The Bertz CT molecular complexity index is 3230. The van der Waals surface area contributed by atoms with E-state index >= 15 is 4.79 Å². The Balaban J connectivity index is 1.39. The minimum Gasteiger partial charge on any atom is -0.508 e. The third-order valence-electron chi connectivity index (χ3n) is 12.0. The van der Waals surface area contributed by atoms with Gasteiger partial charge in [0.2, 0.25) is 47.1 Å². The lowest BCUT2D eigenvalue weighted by Crippen LogP contribution is -2.57. The Morgan fingerprint density at radius 1 is 0.622 bits per heavy atom. The molecule has 5 aliphatic heterocycles. The van der Waals surface area contributed by atoms with Gasteiger partial charge in [0, 0.05) is 29.7 Å². The summed E-state index contributed by atoms with van der Waals surface area (Å²) in [4.78, 5) is 111. The first-order valence-corrected chi connectivity index (χ1v) is 22.6. The maximum atomic E-state index is 15.2. The number of carbonyl (C=O) groups excluding carboxylic acids is 7. The van der Waals surface area contributed by atoms with Crippen LogP contribution in [0.1, 0.15) is 71.5 Å². The fourth-order valence-corrected chi connectivity index (χ4v) is 8.93. The molecular weight excluding hydrogens is 1020 g/mol. The van der Waals surface area contributed by atoms with E-state index in [4.69, 9.17) is 38.4 Å². The molecule has 15 N–H and O–H groups in total. The number of nitrogens with one attached hydrogen (secondary N) is 6. The standard InChI is InChI=1S/C48H41Cl2N7O17/c1-16(58)52-38-40(63)18-3-6-29(24(49)9-18)73-31-11-20-12-32(42(31)65)74-30-7-4-19(10-25(30)50)41(64)39-47(70)56-37(48(71)72)23-13-21(59)14-28(61)34(23)22-8-17(2-5-27(22)60)35(44(67)57-39)55-45(68)36(20)54-43(66)26(15-33(51)62)53-46(38)69/h2-14,26,35-41,59-61,63-65H,15H2,1H3,(H2,51,62)(H,52,58)(H,53,69)(H,54,66)(H,55,68)(H,56,70)(H,57,67)(H,71,72)/t26-,35+,36+,37-,38+,39-,40+,41+/m0/s1. The van der Waals surface area contributed by atoms with Crippen LogP contribution < -0.4 is 47.1 Å². The van der Waals surface area contributed by atoms with Crippen molar-refractivity contribution in [3.63, 3.8) is 0 Å². The molecule has 8 atom stereocenters. The number of benzene rings is 5. The SMILES string of the molecule is CC(=O)N[C@H]1C(=O)N[C@@H](CC(N)=O)C(=O)N[C@H]2C(=O)N[C@H]3C(=O)N[C@H](C(=O)N[C@H](C(=O)O)c4cc(O)cc(O)c4-c4cc3ccc4O)[C@H](O)c3ccc(c(Cl)c3)Oc3cc2cc(c3O)Oc2ccc(cc2Cl)[C@H]1O. The van der Waals surface area contributed by atoms with Crippen LogP contribution in [-0.2, 0) is 38.4 Å². The minimum atomic E-state index is -2.18. The average Bonchev–Trinajstić information content (AvgIpc) is 3.33. The van der Waals surface area contributed by atoms with Crippen molar-refractivity contribution in [2.24, 2.45) is 5.73 Å². The van der Waals surface area contributed by atoms with E-state index in [9.17, 15) is 69.3 Å². The number of carboxylic acids is 1. The number of hydrogen-bond acceptors (Lipinski definition) is 16. The number of phenols is 4. The second-order valence-electron chi connectivity index (χ2n) is 17.1. The number of rotatable bonds is 4. The van der Waals surface area contributed by atoms with Crippen molar-refractivity contribution in [2.45, 2.75) is 61.8 Å². The lowest BCUT2D eigenvalue weighted by atomic mass is 9.89. The van der Waals surface area contributed by atoms with Gasteiger partial charge in [-0.2, -0.15) is 0 Å². The molecule has 0 radical (unpaired) electrons. The first kappa shape index (κ1) is 51.5. The van der Waals surface area contributed by atoms with E-state index in [0.717, 1.165) is 67.6 Å². The van der Waals surface area contributed by atoms with Gasteiger partial charge in [0.05, 0.1) is 16.5 Å². The van der Waals surface area contributed by atoms with Crippen molar-refractivity contribution in [1.82, 2.24) is 31.9 Å². The molecule has 5 aromatic carbocycles. The summed E-state index contributed by atoms with van der Waals surface area (Å²) in [5.41, 5.74) is 3.22. The summed E-state index contributed by atoms with van der Waals surface area (Å²) < 4.78 is 12.1. The number of aliphatic hydroxyl groups excluding tert-OH is 2. The zero-order chi connectivity index (χ0) is 53.6. The fraction of sp³-hybridized carbons (Fsp3) is 0.208. The van der Waals surface area contributed by atoms with Crippen molar-refractivity contribution in [2.75, 3.05) is 0 Å². The monoisotopic (exact) mass is 1060 g/mol. The number of primary amides is 1. The normalized spacial score (nSPS) is 22.7. The molecule has 0 unspecified atom stereocenters. The average molecular weight is 1060 g/mol. The van der Waals surface area contributed by atoms with E-state index in [1.807, 2.05) is 0 Å². The number of aliphatic carboxylic acids is 1. The molecule has 0 aromatic heterocycles. The summed E-state index contributed by atoms with van der Waals surface area (Å²) in [6, 6.07) is 1.50. The first-order chi connectivity index (χ1) is 35.0. The number of carbonyl (C=O) groups is 8. The van der Waals surface area contributed by atoms with Crippen molar-refractivity contribution >= 4 is 70.5 Å². The van der Waals surface area contributed by atoms with Crippen LogP contribution in [0.4, 0.5) is 0 Å². The Morgan fingerprint density at radius 2 is 1.19 bits per heavy atom. The lowest BCUT2D eigenvalue weighted by molar-refractivity contribution is -0.143. The van der Waals surface area contributed by atoms with Gasteiger partial charge in [-0.1, -0.05) is 41.4 Å². The summed E-state index contributed by atoms with van der Waals surface area (Å²) in [6.45, 7) is 1.02. The highest BCUT2D eigenvalue weighted by molar-refractivity contribution is 6.32. The molecule has 0 aliphatic carbocycles. The molecule has 0 fully saturated rings. The van der Waals surface area contributed by atoms with E-state index in [1.165, 1.54) is 18.2 Å². The Labute approximate surface area is 426 Å². The Morgan fingerprint density at radius 3 is 1.77 bits per heavy atom. The molecule has 0 saturated carbocycles. The van der Waals surface area contributed by atoms with E-state index in [-0.39, 0.29) is 43.8 Å². The Hall–Kier alpha value is -8.84. The summed E-state index contributed by atoms with van der Waals surface area (Å²) in [5.74, 6) is -15.0. The highest BCUT2D eigenvalue weighted by Crippen LogP contribution is 2.47. The van der Waals surface area contributed by atoms with Crippen molar-refractivity contribution in [3.8, 4) is 57.1 Å². The molecule has 24 nitrogen and oxygen atoms in total. The molecule has 5 aliphatic rings. The molecule has 5 heterocycles. The quantitative estimate of drug-likeness (QED) is 0.122. The lowest BCUT2D eigenvalue weighted by Gasteiger charge is -2.31. The molecule has 0 spiro atoms. The fourth-order valence-electron chi connectivity index (χ4n) is 8.48. The minimum absolute atomic E-state index is 0.0671. The molecule has 0 saturated heterocycles. The van der Waals surface area contributed by atoms with Gasteiger partial charge in [-0.15, -0.1) is 0 Å². The van der Waals surface area contributed by atoms with Crippen LogP contribution in [0.2, 0.25) is 10.0 Å². The highest BCUT2D eigenvalue weighted by Gasteiger charge is 2.41. The van der Waals surface area contributed by atoms with Crippen LogP contribution >= 0.6 is 23.2 Å². The van der Waals surface area contributed by atoms with Gasteiger partial charge in [-0.05, 0) is 76.9 Å². The molecule has 74 heavy (non-hydrogen) atoms. The number of carboxylic acid groups (broad SMARTS) is 1. The maximum absolute atomic E-state index is 15.2. The predicted molar refractivity (Wildman–Crippen MR) is 254 cm³/mol. The number of aliphatic hydroxyl groups is 2. The molecule has 26 heteroatoms. The zero-order valence-electron chi connectivity index (χ0n) is 37.9. The van der Waals surface area contributed by atoms with Crippen LogP contribution in [0.5, 0.6) is 46.0 Å². The van der Waals surface area contributed by atoms with E-state index in [0.29, 0.717) is 0 Å². The van der Waals surface area contributed by atoms with Gasteiger partial charge < -0.3 is 82.9 Å². The number of nitrogens with two attached hydrogens (primary N) is 1. The van der Waals surface area contributed by atoms with Crippen LogP contribution in [-0.4, -0.2) is 101 Å². The van der Waals surface area contributed by atoms with Gasteiger partial charge in [-0.25, -0.2) is 4.79 Å². The molecule has 7 amide bonds. The number of fused-ring (bicyclic) bond motifs is 15. The second-order valence-corrected chi connectivity index (χ2v) is 17.9. The predicted octanol–water partition coefficient (Wildman–Crippen LogP) is 1.78. The second kappa shape index (κ2) is 20.3. The molecule has 5 aromatic rings. The number of ether oxygens (including phenoxy) is 2.